The van der Waals surface area contributed by atoms with Gasteiger partial charge >= 0.3 is 0 Å². The van der Waals surface area contributed by atoms with Crippen LogP contribution in [0.1, 0.15) is 32.1 Å². The second-order valence-electron chi connectivity index (χ2n) is 4.70. The topological polar surface area (TPSA) is 15.3 Å². The summed E-state index contributed by atoms with van der Waals surface area (Å²) in [5, 5.41) is 3.66. The summed E-state index contributed by atoms with van der Waals surface area (Å²) in [7, 11) is 2.22. The van der Waals surface area contributed by atoms with Crippen molar-refractivity contribution >= 4 is 0 Å². The molecule has 0 aliphatic carbocycles. The molecule has 0 aromatic heterocycles. The van der Waals surface area contributed by atoms with Gasteiger partial charge in [-0.05, 0) is 32.7 Å². The van der Waals surface area contributed by atoms with Crippen molar-refractivity contribution in [1.29, 1.82) is 0 Å². The molecule has 14 heavy (non-hydrogen) atoms. The highest BCUT2D eigenvalue weighted by atomic mass is 15.2. The summed E-state index contributed by atoms with van der Waals surface area (Å²) < 4.78 is 0. The standard InChI is InChI=1S/C12H20N2/c1-3-4-7-14(2)12-8-10-5-6-11(9-12)13-10/h1,10-13H,4-9H2,2H3. The summed E-state index contributed by atoms with van der Waals surface area (Å²) in [6.45, 7) is 1.06. The molecule has 1 N–H and O–H groups in total. The van der Waals surface area contributed by atoms with E-state index >= 15 is 0 Å². The monoisotopic (exact) mass is 192 g/mol. The Morgan fingerprint density at radius 3 is 2.57 bits per heavy atom. The molecule has 0 radical (unpaired) electrons. The van der Waals surface area contributed by atoms with Gasteiger partial charge in [-0.2, -0.15) is 0 Å². The highest BCUT2D eigenvalue weighted by Crippen LogP contribution is 2.29. The van der Waals surface area contributed by atoms with Crippen LogP contribution in [0.3, 0.4) is 0 Å². The van der Waals surface area contributed by atoms with E-state index in [1.54, 1.807) is 0 Å². The number of hydrogen-bond donors (Lipinski definition) is 1. The molecule has 2 rings (SSSR count). The largest absolute Gasteiger partial charge is 0.311 e. The summed E-state index contributed by atoms with van der Waals surface area (Å²) in [5.41, 5.74) is 0. The fourth-order valence-corrected chi connectivity index (χ4v) is 2.81. The molecule has 2 aliphatic heterocycles. The molecule has 0 saturated carbocycles. The lowest BCUT2D eigenvalue weighted by atomic mass is 9.98. The van der Waals surface area contributed by atoms with E-state index in [2.05, 4.69) is 23.2 Å². The maximum atomic E-state index is 5.28. The van der Waals surface area contributed by atoms with Gasteiger partial charge in [0.1, 0.15) is 0 Å². The van der Waals surface area contributed by atoms with Crippen LogP contribution in [0.5, 0.6) is 0 Å². The van der Waals surface area contributed by atoms with E-state index < -0.39 is 0 Å². The van der Waals surface area contributed by atoms with Gasteiger partial charge in [-0.3, -0.25) is 0 Å². The molecular weight excluding hydrogens is 172 g/mol. The molecule has 0 spiro atoms. The summed E-state index contributed by atoms with van der Waals surface area (Å²) in [5.74, 6) is 2.72. The van der Waals surface area contributed by atoms with Gasteiger partial charge in [-0.15, -0.1) is 12.3 Å². The first-order chi connectivity index (χ1) is 6.79. The van der Waals surface area contributed by atoms with Crippen molar-refractivity contribution in [3.63, 3.8) is 0 Å². The number of fused-ring (bicyclic) bond motifs is 2. The second-order valence-corrected chi connectivity index (χ2v) is 4.70. The Hall–Kier alpha value is -0.520. The normalized spacial score (nSPS) is 35.9. The predicted molar refractivity (Wildman–Crippen MR) is 59.0 cm³/mol. The zero-order valence-electron chi connectivity index (χ0n) is 9.00. The van der Waals surface area contributed by atoms with Gasteiger partial charge < -0.3 is 10.2 Å². The summed E-state index contributed by atoms with van der Waals surface area (Å²) >= 11 is 0. The fourth-order valence-electron chi connectivity index (χ4n) is 2.81. The number of nitrogens with zero attached hydrogens (tertiary/aromatic N) is 1. The predicted octanol–water partition coefficient (Wildman–Crippen LogP) is 1.22. The first-order valence-corrected chi connectivity index (χ1v) is 5.69. The van der Waals surface area contributed by atoms with Crippen molar-refractivity contribution < 1.29 is 0 Å². The van der Waals surface area contributed by atoms with E-state index in [9.17, 15) is 0 Å². The van der Waals surface area contributed by atoms with E-state index in [0.717, 1.165) is 31.1 Å². The summed E-state index contributed by atoms with van der Waals surface area (Å²) in [4.78, 5) is 2.45. The van der Waals surface area contributed by atoms with E-state index in [0.29, 0.717) is 0 Å². The molecule has 0 amide bonds. The van der Waals surface area contributed by atoms with Gasteiger partial charge in [0.25, 0.3) is 0 Å². The molecule has 2 saturated heterocycles. The minimum atomic E-state index is 0.766. The minimum absolute atomic E-state index is 0.766. The van der Waals surface area contributed by atoms with Gasteiger partial charge in [0.05, 0.1) is 0 Å². The zero-order valence-corrected chi connectivity index (χ0v) is 9.00. The highest BCUT2D eigenvalue weighted by molar-refractivity contribution is 4.95. The third-order valence-corrected chi connectivity index (χ3v) is 3.68. The lowest BCUT2D eigenvalue weighted by molar-refractivity contribution is 0.175. The molecule has 2 heteroatoms. The summed E-state index contributed by atoms with van der Waals surface area (Å²) in [6, 6.07) is 2.33. The van der Waals surface area contributed by atoms with E-state index in [1.807, 2.05) is 0 Å². The highest BCUT2D eigenvalue weighted by Gasteiger charge is 2.34. The van der Waals surface area contributed by atoms with Crippen LogP contribution < -0.4 is 5.32 Å². The van der Waals surface area contributed by atoms with Gasteiger partial charge in [0.15, 0.2) is 0 Å². The van der Waals surface area contributed by atoms with Gasteiger partial charge in [-0.1, -0.05) is 0 Å². The second kappa shape index (κ2) is 4.33. The van der Waals surface area contributed by atoms with Crippen molar-refractivity contribution in [3.05, 3.63) is 0 Å². The van der Waals surface area contributed by atoms with Crippen molar-refractivity contribution in [1.82, 2.24) is 10.2 Å². The molecule has 2 unspecified atom stereocenters. The van der Waals surface area contributed by atoms with Crippen LogP contribution in [0.25, 0.3) is 0 Å². The van der Waals surface area contributed by atoms with Crippen LogP contribution in [0, 0.1) is 12.3 Å². The number of terminal acetylenes is 1. The fraction of sp³-hybridized carbons (Fsp3) is 0.833. The molecular formula is C12H20N2. The minimum Gasteiger partial charge on any atom is -0.311 e. The first kappa shape index (κ1) is 10.0. The molecule has 2 bridgehead atoms. The SMILES string of the molecule is C#CCCN(C)C1CC2CCC(C1)N2. The van der Waals surface area contributed by atoms with Gasteiger partial charge in [-0.25, -0.2) is 0 Å². The Balaban J connectivity index is 1.83. The molecule has 0 aromatic carbocycles. The van der Waals surface area contributed by atoms with E-state index in [4.69, 9.17) is 6.42 Å². The zero-order chi connectivity index (χ0) is 9.97. The Labute approximate surface area is 87.1 Å². The summed E-state index contributed by atoms with van der Waals surface area (Å²) in [6.07, 6.45) is 11.6. The Morgan fingerprint density at radius 1 is 1.36 bits per heavy atom. The molecule has 2 atom stereocenters. The Kier molecular flexibility index (Phi) is 3.10. The van der Waals surface area contributed by atoms with Crippen molar-refractivity contribution in [2.24, 2.45) is 0 Å². The van der Waals surface area contributed by atoms with Crippen molar-refractivity contribution in [3.8, 4) is 12.3 Å². The number of hydrogen-bond acceptors (Lipinski definition) is 2. The van der Waals surface area contributed by atoms with Crippen LogP contribution in [0.4, 0.5) is 0 Å². The molecule has 2 heterocycles. The van der Waals surface area contributed by atoms with Crippen LogP contribution >= 0.6 is 0 Å². The Morgan fingerprint density at radius 2 is 2.00 bits per heavy atom. The quantitative estimate of drug-likeness (QED) is 0.676. The van der Waals surface area contributed by atoms with E-state index in [1.165, 1.54) is 25.7 Å². The van der Waals surface area contributed by atoms with Crippen molar-refractivity contribution in [2.75, 3.05) is 13.6 Å². The Bertz CT molecular complexity index is 219. The smallest absolute Gasteiger partial charge is 0.0214 e. The average Bonchev–Trinajstić information content (AvgIpc) is 2.54. The van der Waals surface area contributed by atoms with Crippen LogP contribution in [-0.4, -0.2) is 36.6 Å². The third kappa shape index (κ3) is 2.10. The van der Waals surface area contributed by atoms with Crippen LogP contribution in [-0.2, 0) is 0 Å². The maximum absolute atomic E-state index is 5.28. The number of rotatable bonds is 3. The number of nitrogens with one attached hydrogen (secondary N) is 1. The molecule has 2 aliphatic rings. The lowest BCUT2D eigenvalue weighted by Crippen LogP contribution is -2.47. The number of piperidine rings is 1. The van der Waals surface area contributed by atoms with Crippen molar-refractivity contribution in [2.45, 2.75) is 50.2 Å². The van der Waals surface area contributed by atoms with Gasteiger partial charge in [0, 0.05) is 31.1 Å². The molecule has 78 valence electrons. The van der Waals surface area contributed by atoms with Crippen LogP contribution in [0.15, 0.2) is 0 Å². The third-order valence-electron chi connectivity index (χ3n) is 3.68. The molecule has 0 aromatic rings. The lowest BCUT2D eigenvalue weighted by Gasteiger charge is -2.35. The van der Waals surface area contributed by atoms with Crippen LogP contribution in [0.2, 0.25) is 0 Å². The molecule has 2 nitrogen and oxygen atoms in total. The molecule has 2 fully saturated rings. The average molecular weight is 192 g/mol. The van der Waals surface area contributed by atoms with Gasteiger partial charge in [0.2, 0.25) is 0 Å². The first-order valence-electron chi connectivity index (χ1n) is 5.69. The maximum Gasteiger partial charge on any atom is 0.0214 e. The van der Waals surface area contributed by atoms with E-state index in [-0.39, 0.29) is 0 Å².